The van der Waals surface area contributed by atoms with Crippen molar-refractivity contribution in [2.24, 2.45) is 0 Å². The molecule has 2 fully saturated rings. The SMILES string of the molecule is COc1ccc2c3c1O[C@@H]1[C@@H](NC(=O)/C=C/c4ccoc4)CC[C@]4(O)[C@H](C2)N(S(=O)(=O)c2ccc([N+](=O)[O-])cc2)CC[C@@]314. The molecular weight excluding hydrogens is 578 g/mol. The van der Waals surface area contributed by atoms with Crippen LogP contribution in [-0.2, 0) is 26.7 Å². The standard InChI is InChI=1S/C30H29N3O9S/c1-40-23-8-3-19-16-24-30(35)12-10-22(31-25(34)9-2-18-11-15-41-17-18)28-29(30,26(19)27(23)42-28)13-14-32(24)43(38,39)21-6-4-20(5-7-21)33(36)37/h2-9,11,15,17,22,24,28,35H,10,12-14,16H2,1H3,(H,31,34)/b9-2+/t22-,24-,28+,29+,30-/m0/s1. The molecule has 1 spiro atoms. The fourth-order valence-corrected chi connectivity index (χ4v) is 9.41. The number of amides is 1. The Balaban J connectivity index is 1.28. The first kappa shape index (κ1) is 27.6. The van der Waals surface area contributed by atoms with Crippen molar-refractivity contribution in [3.63, 3.8) is 0 Å². The lowest BCUT2D eigenvalue weighted by Crippen LogP contribution is -2.78. The van der Waals surface area contributed by atoms with Gasteiger partial charge in [0.15, 0.2) is 11.5 Å². The van der Waals surface area contributed by atoms with Crippen LogP contribution in [0.5, 0.6) is 11.5 Å². The number of ether oxygens (including phenoxy) is 2. The number of hydrogen-bond donors (Lipinski definition) is 2. The van der Waals surface area contributed by atoms with Crippen LogP contribution in [0.2, 0.25) is 0 Å². The zero-order chi connectivity index (χ0) is 30.1. The highest BCUT2D eigenvalue weighted by Gasteiger charge is 2.74. The van der Waals surface area contributed by atoms with Gasteiger partial charge in [0.25, 0.3) is 5.69 Å². The second-order valence-electron chi connectivity index (χ2n) is 11.4. The minimum Gasteiger partial charge on any atom is -0.493 e. The van der Waals surface area contributed by atoms with Crippen LogP contribution >= 0.6 is 0 Å². The molecule has 2 aromatic carbocycles. The first-order valence-corrected chi connectivity index (χ1v) is 15.4. The fraction of sp³-hybridized carbons (Fsp3) is 0.367. The number of rotatable bonds is 7. The molecule has 1 saturated carbocycles. The van der Waals surface area contributed by atoms with E-state index in [1.54, 1.807) is 25.3 Å². The number of nitrogens with one attached hydrogen (secondary N) is 1. The highest BCUT2D eigenvalue weighted by atomic mass is 32.2. The second-order valence-corrected chi connectivity index (χ2v) is 13.3. The zero-order valence-corrected chi connectivity index (χ0v) is 24.0. The molecule has 7 rings (SSSR count). The van der Waals surface area contributed by atoms with E-state index in [0.29, 0.717) is 17.9 Å². The Morgan fingerprint density at radius 3 is 2.70 bits per heavy atom. The summed E-state index contributed by atoms with van der Waals surface area (Å²) in [5.41, 5.74) is -0.320. The molecular formula is C30H29N3O9S. The maximum absolute atomic E-state index is 14.0. The number of hydrogen-bond acceptors (Lipinski definition) is 9. The average Bonchev–Trinajstić information content (AvgIpc) is 3.63. The highest BCUT2D eigenvalue weighted by molar-refractivity contribution is 7.89. The molecule has 2 bridgehead atoms. The van der Waals surface area contributed by atoms with Crippen molar-refractivity contribution in [1.82, 2.24) is 9.62 Å². The van der Waals surface area contributed by atoms with Crippen molar-refractivity contribution in [1.29, 1.82) is 0 Å². The van der Waals surface area contributed by atoms with Crippen LogP contribution in [-0.4, -0.2) is 66.1 Å². The Labute approximate surface area is 247 Å². The number of furan rings is 1. The lowest BCUT2D eigenvalue weighted by Gasteiger charge is -2.63. The summed E-state index contributed by atoms with van der Waals surface area (Å²) in [6.07, 6.45) is 6.47. The molecule has 0 radical (unpaired) electrons. The monoisotopic (exact) mass is 607 g/mol. The summed E-state index contributed by atoms with van der Waals surface area (Å²) in [6, 6.07) is 8.89. The van der Waals surface area contributed by atoms with Gasteiger partial charge in [-0.15, -0.1) is 0 Å². The normalized spacial score (nSPS) is 29.1. The number of carbonyl (C=O) groups is 1. The van der Waals surface area contributed by atoms with E-state index in [-0.39, 0.29) is 42.3 Å². The molecule has 224 valence electrons. The average molecular weight is 608 g/mol. The number of nitrogens with zero attached hydrogens (tertiary/aromatic N) is 2. The predicted octanol–water partition coefficient (Wildman–Crippen LogP) is 2.94. The van der Waals surface area contributed by atoms with E-state index in [9.17, 15) is 28.4 Å². The number of carbonyl (C=O) groups excluding carboxylic acids is 1. The van der Waals surface area contributed by atoms with E-state index in [1.807, 2.05) is 6.07 Å². The molecule has 4 aliphatic rings. The van der Waals surface area contributed by atoms with Crippen molar-refractivity contribution < 1.29 is 37.1 Å². The first-order chi connectivity index (χ1) is 20.6. The molecule has 0 unspecified atom stereocenters. The molecule has 3 aromatic rings. The van der Waals surface area contributed by atoms with Gasteiger partial charge in [-0.1, -0.05) is 6.07 Å². The van der Waals surface area contributed by atoms with Crippen molar-refractivity contribution >= 4 is 27.7 Å². The zero-order valence-electron chi connectivity index (χ0n) is 23.1. The number of nitro benzene ring substituents is 1. The third-order valence-electron chi connectivity index (χ3n) is 9.57. The van der Waals surface area contributed by atoms with Gasteiger partial charge in [-0.05, 0) is 61.6 Å². The van der Waals surface area contributed by atoms with Gasteiger partial charge in [0.1, 0.15) is 6.10 Å². The van der Waals surface area contributed by atoms with Crippen LogP contribution in [0.15, 0.2) is 70.4 Å². The van der Waals surface area contributed by atoms with Gasteiger partial charge in [0, 0.05) is 35.9 Å². The van der Waals surface area contributed by atoms with E-state index >= 15 is 0 Å². The Bertz CT molecular complexity index is 1760. The van der Waals surface area contributed by atoms with Crippen LogP contribution < -0.4 is 14.8 Å². The van der Waals surface area contributed by atoms with Crippen LogP contribution in [0.3, 0.4) is 0 Å². The third kappa shape index (κ3) is 3.88. The topological polar surface area (TPSA) is 161 Å². The van der Waals surface area contributed by atoms with Crippen LogP contribution in [0.25, 0.3) is 6.08 Å². The van der Waals surface area contributed by atoms with Crippen molar-refractivity contribution in [3.8, 4) is 11.5 Å². The summed E-state index contributed by atoms with van der Waals surface area (Å²) in [5.74, 6) is 0.697. The predicted molar refractivity (Wildman–Crippen MR) is 152 cm³/mol. The van der Waals surface area contributed by atoms with Crippen molar-refractivity contribution in [2.75, 3.05) is 13.7 Å². The van der Waals surface area contributed by atoms with Gasteiger partial charge in [-0.2, -0.15) is 4.31 Å². The molecule has 5 atom stereocenters. The molecule has 1 saturated heterocycles. The van der Waals surface area contributed by atoms with E-state index in [0.717, 1.165) is 28.8 Å². The number of methoxy groups -OCH3 is 1. The summed E-state index contributed by atoms with van der Waals surface area (Å²) < 4.78 is 46.6. The fourth-order valence-electron chi connectivity index (χ4n) is 7.74. The van der Waals surface area contributed by atoms with E-state index in [1.165, 1.54) is 35.0 Å². The van der Waals surface area contributed by atoms with E-state index in [4.69, 9.17) is 13.9 Å². The quantitative estimate of drug-likeness (QED) is 0.234. The number of nitro groups is 1. The molecule has 1 amide bonds. The molecule has 13 heteroatoms. The Kier molecular flexibility index (Phi) is 6.20. The number of benzene rings is 2. The van der Waals surface area contributed by atoms with Gasteiger partial charge >= 0.3 is 0 Å². The second kappa shape index (κ2) is 9.66. The van der Waals surface area contributed by atoms with Gasteiger partial charge in [-0.3, -0.25) is 14.9 Å². The summed E-state index contributed by atoms with van der Waals surface area (Å²) in [7, 11) is -2.59. The minimum atomic E-state index is -4.13. The number of piperidine rings is 1. The smallest absolute Gasteiger partial charge is 0.269 e. The highest BCUT2D eigenvalue weighted by Crippen LogP contribution is 2.65. The first-order valence-electron chi connectivity index (χ1n) is 14.0. The summed E-state index contributed by atoms with van der Waals surface area (Å²) in [4.78, 5) is 23.5. The van der Waals surface area contributed by atoms with Gasteiger partial charge < -0.3 is 24.3 Å². The van der Waals surface area contributed by atoms with E-state index in [2.05, 4.69) is 5.32 Å². The Hall–Kier alpha value is -4.20. The minimum absolute atomic E-state index is 0.0801. The summed E-state index contributed by atoms with van der Waals surface area (Å²) in [6.45, 7) is 0.0866. The Morgan fingerprint density at radius 1 is 1.21 bits per heavy atom. The molecule has 2 N–H and O–H groups in total. The number of sulfonamides is 1. The van der Waals surface area contributed by atoms with Gasteiger partial charge in [0.2, 0.25) is 15.9 Å². The van der Waals surface area contributed by atoms with Crippen molar-refractivity contribution in [3.05, 3.63) is 87.9 Å². The van der Waals surface area contributed by atoms with Crippen LogP contribution in [0.4, 0.5) is 5.69 Å². The maximum atomic E-state index is 14.0. The molecule has 1 aromatic heterocycles. The molecule has 12 nitrogen and oxygen atoms in total. The Morgan fingerprint density at radius 2 is 2.00 bits per heavy atom. The number of non-ortho nitro benzene ring substituents is 1. The third-order valence-corrected chi connectivity index (χ3v) is 11.5. The lowest BCUT2D eigenvalue weighted by atomic mass is 9.48. The molecule has 43 heavy (non-hydrogen) atoms. The van der Waals surface area contributed by atoms with Crippen molar-refractivity contribution in [2.45, 2.75) is 59.8 Å². The van der Waals surface area contributed by atoms with E-state index < -0.39 is 44.2 Å². The van der Waals surface area contributed by atoms with Crippen LogP contribution in [0.1, 0.15) is 36.0 Å². The molecule has 2 aliphatic heterocycles. The summed E-state index contributed by atoms with van der Waals surface area (Å²) in [5, 5.41) is 26.9. The molecule has 2 aliphatic carbocycles. The summed E-state index contributed by atoms with van der Waals surface area (Å²) >= 11 is 0. The van der Waals surface area contributed by atoms with Gasteiger partial charge in [-0.25, -0.2) is 8.42 Å². The van der Waals surface area contributed by atoms with Crippen LogP contribution in [0, 0.1) is 10.1 Å². The maximum Gasteiger partial charge on any atom is 0.269 e. The lowest BCUT2D eigenvalue weighted by molar-refractivity contribution is -0.384. The number of aliphatic hydroxyl groups is 1. The van der Waals surface area contributed by atoms with Gasteiger partial charge in [0.05, 0.1) is 52.6 Å². The largest absolute Gasteiger partial charge is 0.493 e. The molecule has 3 heterocycles.